The zero-order chi connectivity index (χ0) is 14.0. The third-order valence-corrected chi connectivity index (χ3v) is 2.35. The van der Waals surface area contributed by atoms with E-state index in [9.17, 15) is 9.59 Å². The molecular weight excluding hydrogens is 236 g/mol. The zero-order valence-electron chi connectivity index (χ0n) is 11.7. The van der Waals surface area contributed by atoms with Gasteiger partial charge in [0.25, 0.3) is 0 Å². The smallest absolute Gasteiger partial charge is 0.308 e. The molecule has 2 unspecified atom stereocenters. The van der Waals surface area contributed by atoms with Gasteiger partial charge in [0.2, 0.25) is 0 Å². The first-order chi connectivity index (χ1) is 8.11. The lowest BCUT2D eigenvalue weighted by Crippen LogP contribution is -2.46. The molecule has 104 valence electrons. The molecule has 0 spiro atoms. The van der Waals surface area contributed by atoms with Gasteiger partial charge in [-0.25, -0.2) is 0 Å². The predicted octanol–water partition coefficient (Wildman–Crippen LogP) is 1.83. The van der Waals surface area contributed by atoms with Crippen molar-refractivity contribution in [3.05, 3.63) is 0 Å². The van der Waals surface area contributed by atoms with Crippen molar-refractivity contribution in [2.45, 2.75) is 71.1 Å². The van der Waals surface area contributed by atoms with E-state index in [-0.39, 0.29) is 18.5 Å². The summed E-state index contributed by atoms with van der Waals surface area (Å²) in [5.74, 6) is -1.17. The molecule has 0 aliphatic carbocycles. The summed E-state index contributed by atoms with van der Waals surface area (Å²) in [4.78, 5) is 22.5. The van der Waals surface area contributed by atoms with Crippen LogP contribution in [0.2, 0.25) is 0 Å². The molecule has 1 aliphatic rings. The maximum Gasteiger partial charge on any atom is 0.308 e. The topological polar surface area (TPSA) is 61.8 Å². The second kappa shape index (κ2) is 5.36. The molecule has 0 radical (unpaired) electrons. The minimum Gasteiger partial charge on any atom is -0.460 e. The van der Waals surface area contributed by atoms with Gasteiger partial charge in [-0.2, -0.15) is 0 Å². The fourth-order valence-corrected chi connectivity index (χ4v) is 1.93. The first-order valence-corrected chi connectivity index (χ1v) is 6.14. The van der Waals surface area contributed by atoms with E-state index in [0.717, 1.165) is 6.29 Å². The number of ether oxygens (including phenoxy) is 3. The number of carbonyl (C=O) groups is 2. The minimum atomic E-state index is -0.851. The summed E-state index contributed by atoms with van der Waals surface area (Å²) in [5.41, 5.74) is -0.512. The van der Waals surface area contributed by atoms with Gasteiger partial charge in [-0.3, -0.25) is 4.79 Å². The molecule has 0 aromatic rings. The van der Waals surface area contributed by atoms with Crippen LogP contribution in [0, 0.1) is 0 Å². The highest BCUT2D eigenvalue weighted by atomic mass is 16.7. The Hall–Kier alpha value is -0.940. The molecule has 1 rings (SSSR count). The van der Waals surface area contributed by atoms with Crippen LogP contribution < -0.4 is 0 Å². The summed E-state index contributed by atoms with van der Waals surface area (Å²) in [6, 6.07) is 0. The Morgan fingerprint density at radius 1 is 1.39 bits per heavy atom. The first kappa shape index (κ1) is 15.1. The van der Waals surface area contributed by atoms with E-state index in [0.29, 0.717) is 6.42 Å². The molecular formula is C13H22O5. The van der Waals surface area contributed by atoms with Crippen molar-refractivity contribution < 1.29 is 23.8 Å². The summed E-state index contributed by atoms with van der Waals surface area (Å²) in [7, 11) is 0. The molecule has 0 N–H and O–H groups in total. The van der Waals surface area contributed by atoms with E-state index in [1.807, 2.05) is 20.8 Å². The highest BCUT2D eigenvalue weighted by molar-refractivity contribution is 5.70. The van der Waals surface area contributed by atoms with Crippen molar-refractivity contribution in [3.8, 4) is 0 Å². The van der Waals surface area contributed by atoms with Gasteiger partial charge in [-0.05, 0) is 34.6 Å². The van der Waals surface area contributed by atoms with Crippen LogP contribution in [-0.4, -0.2) is 35.9 Å². The summed E-state index contributed by atoms with van der Waals surface area (Å²) in [6.07, 6.45) is 0.382. The maximum absolute atomic E-state index is 11.7. The number of hydrogen-bond acceptors (Lipinski definition) is 5. The molecule has 0 saturated carbocycles. The van der Waals surface area contributed by atoms with Crippen molar-refractivity contribution in [2.75, 3.05) is 0 Å². The Morgan fingerprint density at radius 2 is 2.00 bits per heavy atom. The number of rotatable bonds is 3. The maximum atomic E-state index is 11.7. The lowest BCUT2D eigenvalue weighted by atomic mass is 10.1. The second-order valence-electron chi connectivity index (χ2n) is 5.96. The summed E-state index contributed by atoms with van der Waals surface area (Å²) < 4.78 is 16.2. The van der Waals surface area contributed by atoms with Gasteiger partial charge >= 0.3 is 5.97 Å². The number of aldehydes is 1. The normalized spacial score (nSPS) is 27.6. The first-order valence-electron chi connectivity index (χ1n) is 6.14. The van der Waals surface area contributed by atoms with Crippen LogP contribution in [0.4, 0.5) is 0 Å². The van der Waals surface area contributed by atoms with Crippen molar-refractivity contribution in [3.63, 3.8) is 0 Å². The van der Waals surface area contributed by atoms with Crippen molar-refractivity contribution in [1.82, 2.24) is 0 Å². The molecule has 1 aliphatic heterocycles. The van der Waals surface area contributed by atoms with E-state index >= 15 is 0 Å². The van der Waals surface area contributed by atoms with Crippen LogP contribution in [0.5, 0.6) is 0 Å². The lowest BCUT2D eigenvalue weighted by molar-refractivity contribution is -0.291. The Bertz CT molecular complexity index is 316. The van der Waals surface area contributed by atoms with Gasteiger partial charge in [0.1, 0.15) is 18.0 Å². The van der Waals surface area contributed by atoms with Gasteiger partial charge < -0.3 is 19.0 Å². The SMILES string of the molecule is CC(C)(C)OC(=O)CC1CC(C=O)OC(C)(C)O1. The van der Waals surface area contributed by atoms with Gasteiger partial charge in [0.15, 0.2) is 5.79 Å². The van der Waals surface area contributed by atoms with Crippen LogP contribution in [0.1, 0.15) is 47.5 Å². The summed E-state index contributed by atoms with van der Waals surface area (Å²) >= 11 is 0. The molecule has 1 heterocycles. The van der Waals surface area contributed by atoms with Gasteiger partial charge in [-0.15, -0.1) is 0 Å². The van der Waals surface area contributed by atoms with Gasteiger partial charge in [-0.1, -0.05) is 0 Å². The Kier molecular flexibility index (Phi) is 4.50. The van der Waals surface area contributed by atoms with Crippen molar-refractivity contribution in [2.24, 2.45) is 0 Å². The Balaban J connectivity index is 2.56. The molecule has 5 heteroatoms. The molecule has 1 saturated heterocycles. The van der Waals surface area contributed by atoms with E-state index in [1.54, 1.807) is 13.8 Å². The number of hydrogen-bond donors (Lipinski definition) is 0. The Labute approximate surface area is 108 Å². The standard InChI is InChI=1S/C13H22O5/c1-12(2,3)18-11(15)7-9-6-10(8-14)17-13(4,5)16-9/h8-10H,6-7H2,1-5H3. The number of esters is 1. The van der Waals surface area contributed by atoms with E-state index < -0.39 is 17.5 Å². The zero-order valence-corrected chi connectivity index (χ0v) is 11.7. The van der Waals surface area contributed by atoms with Crippen molar-refractivity contribution in [1.29, 1.82) is 0 Å². The monoisotopic (exact) mass is 258 g/mol. The molecule has 2 atom stereocenters. The fraction of sp³-hybridized carbons (Fsp3) is 0.846. The highest BCUT2D eigenvalue weighted by Gasteiger charge is 2.36. The third-order valence-electron chi connectivity index (χ3n) is 2.35. The van der Waals surface area contributed by atoms with Crippen LogP contribution in [0.15, 0.2) is 0 Å². The molecule has 18 heavy (non-hydrogen) atoms. The third kappa shape index (κ3) is 5.14. The van der Waals surface area contributed by atoms with Crippen molar-refractivity contribution >= 4 is 12.3 Å². The second-order valence-corrected chi connectivity index (χ2v) is 5.96. The van der Waals surface area contributed by atoms with Gasteiger partial charge in [0, 0.05) is 6.42 Å². The predicted molar refractivity (Wildman–Crippen MR) is 65.0 cm³/mol. The van der Waals surface area contributed by atoms with E-state index in [2.05, 4.69) is 0 Å². The van der Waals surface area contributed by atoms with Crippen LogP contribution in [-0.2, 0) is 23.8 Å². The minimum absolute atomic E-state index is 0.133. The van der Waals surface area contributed by atoms with Crippen LogP contribution in [0.25, 0.3) is 0 Å². The lowest BCUT2D eigenvalue weighted by Gasteiger charge is -2.38. The van der Waals surface area contributed by atoms with Crippen LogP contribution >= 0.6 is 0 Å². The molecule has 1 fully saturated rings. The molecule has 5 nitrogen and oxygen atoms in total. The van der Waals surface area contributed by atoms with Crippen LogP contribution in [0.3, 0.4) is 0 Å². The Morgan fingerprint density at radius 3 is 2.50 bits per heavy atom. The fourth-order valence-electron chi connectivity index (χ4n) is 1.93. The summed E-state index contributed by atoms with van der Waals surface area (Å²) in [6.45, 7) is 8.89. The average Bonchev–Trinajstić information content (AvgIpc) is 2.11. The number of carbonyl (C=O) groups excluding carboxylic acids is 2. The highest BCUT2D eigenvalue weighted by Crippen LogP contribution is 2.28. The molecule has 0 bridgehead atoms. The molecule has 0 amide bonds. The molecule has 0 aromatic heterocycles. The quantitative estimate of drug-likeness (QED) is 0.571. The van der Waals surface area contributed by atoms with E-state index in [1.165, 1.54) is 0 Å². The summed E-state index contributed by atoms with van der Waals surface area (Å²) in [5, 5.41) is 0. The largest absolute Gasteiger partial charge is 0.460 e. The van der Waals surface area contributed by atoms with E-state index in [4.69, 9.17) is 14.2 Å². The average molecular weight is 258 g/mol. The van der Waals surface area contributed by atoms with Gasteiger partial charge in [0.05, 0.1) is 12.5 Å². The molecule has 0 aromatic carbocycles.